The number of nitrogens with zero attached hydrogens (tertiary/aromatic N) is 2. The Hall–Kier alpha value is -1.40. The van der Waals surface area contributed by atoms with Crippen molar-refractivity contribution in [3.8, 4) is 0 Å². The Morgan fingerprint density at radius 3 is 2.47 bits per heavy atom. The van der Waals surface area contributed by atoms with Gasteiger partial charge in [0.15, 0.2) is 0 Å². The fourth-order valence-corrected chi connectivity index (χ4v) is 3.69. The van der Waals surface area contributed by atoms with E-state index in [2.05, 4.69) is 0 Å². The highest BCUT2D eigenvalue weighted by Crippen LogP contribution is 2.14. The van der Waals surface area contributed by atoms with Crippen LogP contribution in [0.15, 0.2) is 24.3 Å². The number of rotatable bonds is 4. The van der Waals surface area contributed by atoms with E-state index in [0.717, 1.165) is 17.5 Å². The normalized spacial score (nSPS) is 17.4. The molecule has 1 amide bonds. The summed E-state index contributed by atoms with van der Waals surface area (Å²) in [5.41, 5.74) is 1.86. The van der Waals surface area contributed by atoms with Crippen LogP contribution in [0.3, 0.4) is 0 Å². The highest BCUT2D eigenvalue weighted by molar-refractivity contribution is 7.88. The minimum atomic E-state index is -3.29. The van der Waals surface area contributed by atoms with E-state index in [9.17, 15) is 13.2 Å². The molecule has 0 bridgehead atoms. The first-order chi connectivity index (χ1) is 9.01. The predicted octanol–water partition coefficient (Wildman–Crippen LogP) is 0.599. The van der Waals surface area contributed by atoms with Crippen molar-refractivity contribution in [2.45, 2.75) is 12.7 Å². The molecule has 0 aliphatic carbocycles. The van der Waals surface area contributed by atoms with E-state index in [1.165, 1.54) is 4.31 Å². The number of hydrogen-bond acceptors (Lipinski definition) is 3. The Bertz CT molecular complexity index is 549. The van der Waals surface area contributed by atoms with E-state index in [-0.39, 0.29) is 5.75 Å². The molecule has 1 aliphatic rings. The molecule has 19 heavy (non-hydrogen) atoms. The number of carbonyl (C=O) groups is 1. The Balaban J connectivity index is 2.05. The number of sulfonamides is 1. The van der Waals surface area contributed by atoms with Crippen molar-refractivity contribution in [3.63, 3.8) is 0 Å². The molecule has 104 valence electrons. The number of aryl methyl sites for hydroxylation is 1. The van der Waals surface area contributed by atoms with Gasteiger partial charge in [-0.25, -0.2) is 8.42 Å². The van der Waals surface area contributed by atoms with E-state index in [4.69, 9.17) is 0 Å². The molecule has 0 N–H and O–H groups in total. The summed E-state index contributed by atoms with van der Waals surface area (Å²) in [6.07, 6.45) is 0.768. The van der Waals surface area contributed by atoms with Gasteiger partial charge in [0.1, 0.15) is 0 Å². The van der Waals surface area contributed by atoms with Crippen LogP contribution in [0.5, 0.6) is 0 Å². The predicted molar refractivity (Wildman–Crippen MR) is 73.0 cm³/mol. The Labute approximate surface area is 113 Å². The highest BCUT2D eigenvalue weighted by Gasteiger charge is 2.26. The monoisotopic (exact) mass is 282 g/mol. The quantitative estimate of drug-likeness (QED) is 0.760. The molecule has 0 saturated carbocycles. The summed E-state index contributed by atoms with van der Waals surface area (Å²) in [5.74, 6) is 0.0236. The largest absolute Gasteiger partial charge is 0.343 e. The van der Waals surface area contributed by atoms with Crippen molar-refractivity contribution in [1.29, 1.82) is 0 Å². The molecule has 0 atom stereocenters. The topological polar surface area (TPSA) is 57.7 Å². The Morgan fingerprint density at radius 1 is 1.21 bits per heavy atom. The average Bonchev–Trinajstić information content (AvgIpc) is 2.38. The first-order valence-corrected chi connectivity index (χ1v) is 7.85. The zero-order valence-electron chi connectivity index (χ0n) is 10.9. The van der Waals surface area contributed by atoms with Crippen LogP contribution in [-0.2, 0) is 20.6 Å². The second kappa shape index (κ2) is 5.71. The fourth-order valence-electron chi connectivity index (χ4n) is 2.19. The van der Waals surface area contributed by atoms with E-state index in [1.54, 1.807) is 4.90 Å². The fraction of sp³-hybridized carbons (Fsp3) is 0.462. The zero-order chi connectivity index (χ0) is 13.9. The number of benzene rings is 1. The zero-order valence-corrected chi connectivity index (χ0v) is 11.8. The van der Waals surface area contributed by atoms with Gasteiger partial charge in [-0.1, -0.05) is 29.8 Å². The molecule has 6 heteroatoms. The summed E-state index contributed by atoms with van der Waals surface area (Å²) in [6, 6.07) is 7.52. The van der Waals surface area contributed by atoms with Crippen LogP contribution in [0.25, 0.3) is 0 Å². The molecular formula is C13H18N2O3S. The van der Waals surface area contributed by atoms with Gasteiger partial charge in [0, 0.05) is 26.2 Å². The number of hydrogen-bond donors (Lipinski definition) is 0. The van der Waals surface area contributed by atoms with Crippen LogP contribution >= 0.6 is 0 Å². The summed E-state index contributed by atoms with van der Waals surface area (Å²) < 4.78 is 26.0. The molecule has 5 nitrogen and oxygen atoms in total. The van der Waals surface area contributed by atoms with Gasteiger partial charge in [-0.15, -0.1) is 0 Å². The smallest absolute Gasteiger partial charge is 0.218 e. The van der Waals surface area contributed by atoms with Crippen LogP contribution in [0.1, 0.15) is 11.1 Å². The number of carbonyl (C=O) groups excluding carboxylic acids is 1. The molecule has 1 saturated heterocycles. The molecule has 1 aliphatic heterocycles. The summed E-state index contributed by atoms with van der Waals surface area (Å²) in [4.78, 5) is 12.2. The standard InChI is InChI=1S/C13H18N2O3S/c1-12-3-2-4-13(9-12)10-19(17,18)15-7-5-14(11-16)6-8-15/h2-4,9,11H,5-8,10H2,1H3. The highest BCUT2D eigenvalue weighted by atomic mass is 32.2. The van der Waals surface area contributed by atoms with Crippen LogP contribution in [0, 0.1) is 6.92 Å². The van der Waals surface area contributed by atoms with Gasteiger partial charge in [-0.05, 0) is 12.5 Å². The van der Waals surface area contributed by atoms with Crippen molar-refractivity contribution < 1.29 is 13.2 Å². The lowest BCUT2D eigenvalue weighted by Crippen LogP contribution is -2.48. The summed E-state index contributed by atoms with van der Waals surface area (Å²) in [5, 5.41) is 0. The van der Waals surface area contributed by atoms with Gasteiger partial charge in [-0.2, -0.15) is 4.31 Å². The van der Waals surface area contributed by atoms with Crippen molar-refractivity contribution in [2.24, 2.45) is 0 Å². The maximum absolute atomic E-state index is 12.3. The van der Waals surface area contributed by atoms with Crippen LogP contribution in [0.2, 0.25) is 0 Å². The molecule has 1 aromatic carbocycles. The Morgan fingerprint density at radius 2 is 1.89 bits per heavy atom. The van der Waals surface area contributed by atoms with Crippen molar-refractivity contribution in [1.82, 2.24) is 9.21 Å². The minimum absolute atomic E-state index is 0.0236. The van der Waals surface area contributed by atoms with E-state index >= 15 is 0 Å². The molecular weight excluding hydrogens is 264 g/mol. The lowest BCUT2D eigenvalue weighted by molar-refractivity contribution is -0.119. The lowest BCUT2D eigenvalue weighted by Gasteiger charge is -2.31. The summed E-state index contributed by atoms with van der Waals surface area (Å²) in [7, 11) is -3.29. The molecule has 0 aromatic heterocycles. The third-order valence-electron chi connectivity index (χ3n) is 3.25. The first-order valence-electron chi connectivity index (χ1n) is 6.24. The SMILES string of the molecule is Cc1cccc(CS(=O)(=O)N2CCN(C=O)CC2)c1. The maximum atomic E-state index is 12.3. The van der Waals surface area contributed by atoms with Gasteiger partial charge in [0.2, 0.25) is 16.4 Å². The molecule has 1 aromatic rings. The molecule has 0 radical (unpaired) electrons. The molecule has 2 rings (SSSR count). The Kier molecular flexibility index (Phi) is 4.21. The molecule has 0 unspecified atom stereocenters. The average molecular weight is 282 g/mol. The van der Waals surface area contributed by atoms with E-state index in [1.807, 2.05) is 31.2 Å². The van der Waals surface area contributed by atoms with Gasteiger partial charge < -0.3 is 4.90 Å². The summed E-state index contributed by atoms with van der Waals surface area (Å²) >= 11 is 0. The number of amides is 1. The summed E-state index contributed by atoms with van der Waals surface area (Å²) in [6.45, 7) is 3.64. The lowest BCUT2D eigenvalue weighted by atomic mass is 10.2. The van der Waals surface area contributed by atoms with Gasteiger partial charge in [0.25, 0.3) is 0 Å². The van der Waals surface area contributed by atoms with Gasteiger partial charge in [-0.3, -0.25) is 4.79 Å². The van der Waals surface area contributed by atoms with Gasteiger partial charge >= 0.3 is 0 Å². The van der Waals surface area contributed by atoms with Crippen molar-refractivity contribution in [2.75, 3.05) is 26.2 Å². The third-order valence-corrected chi connectivity index (χ3v) is 5.10. The van der Waals surface area contributed by atoms with Gasteiger partial charge in [0.05, 0.1) is 5.75 Å². The van der Waals surface area contributed by atoms with Crippen LogP contribution in [0.4, 0.5) is 0 Å². The van der Waals surface area contributed by atoms with Crippen molar-refractivity contribution >= 4 is 16.4 Å². The van der Waals surface area contributed by atoms with E-state index in [0.29, 0.717) is 26.2 Å². The number of piperazine rings is 1. The first kappa shape index (κ1) is 14.0. The van der Waals surface area contributed by atoms with Crippen LogP contribution < -0.4 is 0 Å². The molecule has 1 heterocycles. The molecule has 0 spiro atoms. The second-order valence-electron chi connectivity index (χ2n) is 4.79. The molecule has 1 fully saturated rings. The maximum Gasteiger partial charge on any atom is 0.218 e. The van der Waals surface area contributed by atoms with E-state index < -0.39 is 10.0 Å². The second-order valence-corrected chi connectivity index (χ2v) is 6.75. The van der Waals surface area contributed by atoms with Crippen LogP contribution in [-0.4, -0.2) is 50.2 Å². The third kappa shape index (κ3) is 3.54. The van der Waals surface area contributed by atoms with Crippen molar-refractivity contribution in [3.05, 3.63) is 35.4 Å². The minimum Gasteiger partial charge on any atom is -0.343 e.